The molecule has 6 heteroatoms. The summed E-state index contributed by atoms with van der Waals surface area (Å²) < 4.78 is 33.3. The van der Waals surface area contributed by atoms with E-state index < -0.39 is 10.0 Å². The average molecular weight is 380 g/mol. The Labute approximate surface area is 154 Å². The number of nitrogens with zero attached hydrogens (tertiary/aromatic N) is 1. The number of morpholine rings is 1. The molecule has 2 unspecified atom stereocenters. The van der Waals surface area contributed by atoms with E-state index >= 15 is 0 Å². The van der Waals surface area contributed by atoms with Crippen molar-refractivity contribution < 1.29 is 13.2 Å². The molecule has 1 fully saturated rings. The van der Waals surface area contributed by atoms with Gasteiger partial charge in [-0.1, -0.05) is 59.6 Å². The minimum absolute atomic E-state index is 0.0972. The smallest absolute Gasteiger partial charge is 0.218 e. The van der Waals surface area contributed by atoms with Crippen LogP contribution in [0.5, 0.6) is 0 Å². The Morgan fingerprint density at radius 1 is 1.12 bits per heavy atom. The van der Waals surface area contributed by atoms with Crippen molar-refractivity contribution in [2.45, 2.75) is 31.8 Å². The third kappa shape index (κ3) is 4.42. The molecule has 0 amide bonds. The third-order valence-corrected chi connectivity index (χ3v) is 6.49. The molecular formula is C19H22ClNO3S. The Balaban J connectivity index is 1.80. The van der Waals surface area contributed by atoms with E-state index in [0.717, 1.165) is 11.1 Å². The number of benzene rings is 2. The maximum absolute atomic E-state index is 12.9. The van der Waals surface area contributed by atoms with Crippen LogP contribution in [-0.2, 0) is 20.5 Å². The molecule has 0 spiro atoms. The zero-order valence-electron chi connectivity index (χ0n) is 14.4. The highest BCUT2D eigenvalue weighted by Gasteiger charge is 2.33. The highest BCUT2D eigenvalue weighted by Crippen LogP contribution is 2.29. The van der Waals surface area contributed by atoms with Crippen LogP contribution < -0.4 is 0 Å². The van der Waals surface area contributed by atoms with Crippen LogP contribution in [0.4, 0.5) is 0 Å². The van der Waals surface area contributed by atoms with Gasteiger partial charge in [0.1, 0.15) is 0 Å². The van der Waals surface area contributed by atoms with Crippen LogP contribution in [0.25, 0.3) is 0 Å². The molecule has 2 atom stereocenters. The Morgan fingerprint density at radius 3 is 2.48 bits per heavy atom. The van der Waals surface area contributed by atoms with Crippen molar-refractivity contribution in [2.24, 2.45) is 0 Å². The number of ether oxygens (including phenoxy) is 1. The summed E-state index contributed by atoms with van der Waals surface area (Å²) in [6, 6.07) is 15.1. The predicted octanol–water partition coefficient (Wildman–Crippen LogP) is 3.94. The molecule has 25 heavy (non-hydrogen) atoms. The van der Waals surface area contributed by atoms with Crippen molar-refractivity contribution in [3.63, 3.8) is 0 Å². The van der Waals surface area contributed by atoms with Crippen molar-refractivity contribution in [3.8, 4) is 0 Å². The highest BCUT2D eigenvalue weighted by atomic mass is 35.5. The topological polar surface area (TPSA) is 46.6 Å². The quantitative estimate of drug-likeness (QED) is 0.808. The number of rotatable bonds is 4. The standard InChI is InChI=1S/C19H22ClNO3S/c1-14-7-9-16(10-8-14)19-12-21(11-15(2)24-19)25(22,23)13-17-5-3-4-6-18(17)20/h3-10,15,19H,11-13H2,1-2H3. The summed E-state index contributed by atoms with van der Waals surface area (Å²) in [5.74, 6) is -0.0972. The second-order valence-corrected chi connectivity index (χ2v) is 8.89. The maximum Gasteiger partial charge on any atom is 0.218 e. The summed E-state index contributed by atoms with van der Waals surface area (Å²) in [6.45, 7) is 4.60. The highest BCUT2D eigenvalue weighted by molar-refractivity contribution is 7.88. The van der Waals surface area contributed by atoms with E-state index in [0.29, 0.717) is 23.7 Å². The maximum atomic E-state index is 12.9. The Hall–Kier alpha value is -1.40. The van der Waals surface area contributed by atoms with Gasteiger partial charge < -0.3 is 4.74 Å². The summed E-state index contributed by atoms with van der Waals surface area (Å²) in [7, 11) is -3.47. The molecule has 0 bridgehead atoms. The SMILES string of the molecule is Cc1ccc(C2CN(S(=O)(=O)Cc3ccccc3Cl)CC(C)O2)cc1. The second kappa shape index (κ2) is 7.46. The van der Waals surface area contributed by atoms with E-state index in [-0.39, 0.29) is 18.0 Å². The van der Waals surface area contributed by atoms with Gasteiger partial charge in [0.05, 0.1) is 18.0 Å². The van der Waals surface area contributed by atoms with Crippen LogP contribution >= 0.6 is 11.6 Å². The van der Waals surface area contributed by atoms with Gasteiger partial charge in [-0.05, 0) is 31.0 Å². The van der Waals surface area contributed by atoms with E-state index in [1.165, 1.54) is 4.31 Å². The zero-order chi connectivity index (χ0) is 18.0. The summed E-state index contributed by atoms with van der Waals surface area (Å²) in [5, 5.41) is 0.475. The number of halogens is 1. The van der Waals surface area contributed by atoms with Crippen LogP contribution in [0.2, 0.25) is 5.02 Å². The fourth-order valence-electron chi connectivity index (χ4n) is 3.01. The fraction of sp³-hybridized carbons (Fsp3) is 0.368. The van der Waals surface area contributed by atoms with Crippen LogP contribution in [0, 0.1) is 6.92 Å². The van der Waals surface area contributed by atoms with Crippen molar-refractivity contribution in [1.29, 1.82) is 0 Å². The van der Waals surface area contributed by atoms with Crippen molar-refractivity contribution in [2.75, 3.05) is 13.1 Å². The Kier molecular flexibility index (Phi) is 5.49. The molecule has 0 aromatic heterocycles. The minimum atomic E-state index is -3.47. The fourth-order valence-corrected chi connectivity index (χ4v) is 4.92. The van der Waals surface area contributed by atoms with Crippen LogP contribution in [-0.4, -0.2) is 31.9 Å². The lowest BCUT2D eigenvalue weighted by Crippen LogP contribution is -2.46. The summed E-state index contributed by atoms with van der Waals surface area (Å²) >= 11 is 6.13. The first kappa shape index (κ1) is 18.4. The Morgan fingerprint density at radius 2 is 1.80 bits per heavy atom. The van der Waals surface area contributed by atoms with Crippen molar-refractivity contribution in [3.05, 3.63) is 70.2 Å². The minimum Gasteiger partial charge on any atom is -0.368 e. The summed E-state index contributed by atoms with van der Waals surface area (Å²) in [6.07, 6.45) is -0.425. The van der Waals surface area contributed by atoms with Gasteiger partial charge in [-0.15, -0.1) is 0 Å². The first-order valence-electron chi connectivity index (χ1n) is 8.28. The van der Waals surface area contributed by atoms with E-state index in [2.05, 4.69) is 0 Å². The average Bonchev–Trinajstić information content (AvgIpc) is 2.57. The van der Waals surface area contributed by atoms with E-state index in [1.54, 1.807) is 24.3 Å². The van der Waals surface area contributed by atoms with Gasteiger partial charge >= 0.3 is 0 Å². The molecule has 1 saturated heterocycles. The lowest BCUT2D eigenvalue weighted by molar-refractivity contribution is -0.0557. The molecular weight excluding hydrogens is 358 g/mol. The zero-order valence-corrected chi connectivity index (χ0v) is 15.9. The van der Waals surface area contributed by atoms with Gasteiger partial charge in [0.25, 0.3) is 0 Å². The molecule has 4 nitrogen and oxygen atoms in total. The van der Waals surface area contributed by atoms with Crippen molar-refractivity contribution in [1.82, 2.24) is 4.31 Å². The monoisotopic (exact) mass is 379 g/mol. The van der Waals surface area contributed by atoms with Crippen LogP contribution in [0.15, 0.2) is 48.5 Å². The molecule has 1 aliphatic rings. The van der Waals surface area contributed by atoms with Gasteiger partial charge in [0.15, 0.2) is 0 Å². The molecule has 0 N–H and O–H groups in total. The molecule has 0 aliphatic carbocycles. The Bertz CT molecular complexity index is 836. The molecule has 3 rings (SSSR count). The summed E-state index contributed by atoms with van der Waals surface area (Å²) in [4.78, 5) is 0. The molecule has 2 aromatic rings. The van der Waals surface area contributed by atoms with Crippen LogP contribution in [0.3, 0.4) is 0 Å². The van der Waals surface area contributed by atoms with Gasteiger partial charge in [-0.3, -0.25) is 0 Å². The number of hydrogen-bond acceptors (Lipinski definition) is 3. The van der Waals surface area contributed by atoms with Gasteiger partial charge in [-0.2, -0.15) is 4.31 Å². The molecule has 134 valence electrons. The van der Waals surface area contributed by atoms with E-state index in [9.17, 15) is 8.42 Å². The first-order valence-corrected chi connectivity index (χ1v) is 10.3. The normalized spacial score (nSPS) is 22.0. The van der Waals surface area contributed by atoms with Crippen LogP contribution in [0.1, 0.15) is 29.7 Å². The molecule has 1 heterocycles. The lowest BCUT2D eigenvalue weighted by Gasteiger charge is -2.36. The number of sulfonamides is 1. The first-order chi connectivity index (χ1) is 11.8. The molecule has 2 aromatic carbocycles. The molecule has 0 radical (unpaired) electrons. The summed E-state index contributed by atoms with van der Waals surface area (Å²) in [5.41, 5.74) is 2.78. The predicted molar refractivity (Wildman–Crippen MR) is 100 cm³/mol. The van der Waals surface area contributed by atoms with Gasteiger partial charge in [-0.25, -0.2) is 8.42 Å². The number of hydrogen-bond donors (Lipinski definition) is 0. The lowest BCUT2D eigenvalue weighted by atomic mass is 10.1. The number of aryl methyl sites for hydroxylation is 1. The van der Waals surface area contributed by atoms with Crippen molar-refractivity contribution >= 4 is 21.6 Å². The van der Waals surface area contributed by atoms with Gasteiger partial charge in [0, 0.05) is 18.1 Å². The molecule has 0 saturated carbocycles. The van der Waals surface area contributed by atoms with E-state index in [1.807, 2.05) is 38.1 Å². The third-order valence-electron chi connectivity index (χ3n) is 4.37. The van der Waals surface area contributed by atoms with E-state index in [4.69, 9.17) is 16.3 Å². The largest absolute Gasteiger partial charge is 0.368 e. The van der Waals surface area contributed by atoms with Gasteiger partial charge in [0.2, 0.25) is 10.0 Å². The molecule has 1 aliphatic heterocycles. The second-order valence-electron chi connectivity index (χ2n) is 6.51.